The van der Waals surface area contributed by atoms with Crippen molar-refractivity contribution in [3.63, 3.8) is 0 Å². The number of rotatable bonds is 6. The first kappa shape index (κ1) is 22.2. The smallest absolute Gasteiger partial charge is 0.337 e. The molecule has 9 heteroatoms. The molecule has 0 aliphatic heterocycles. The van der Waals surface area contributed by atoms with E-state index in [1.165, 1.54) is 9.95 Å². The van der Waals surface area contributed by atoms with Crippen LogP contribution in [0.4, 0.5) is 5.69 Å². The molecule has 0 radical (unpaired) electrons. The van der Waals surface area contributed by atoms with Crippen molar-refractivity contribution in [2.75, 3.05) is 12.4 Å². The van der Waals surface area contributed by atoms with Crippen LogP contribution in [-0.2, 0) is 4.79 Å². The second-order valence-corrected chi connectivity index (χ2v) is 8.37. The number of methoxy groups -OCH3 is 1. The highest BCUT2D eigenvalue weighted by molar-refractivity contribution is 7.17. The molecule has 4 aromatic rings. The summed E-state index contributed by atoms with van der Waals surface area (Å²) in [5, 5.41) is 13.7. The van der Waals surface area contributed by atoms with E-state index in [2.05, 4.69) is 10.3 Å². The van der Waals surface area contributed by atoms with Crippen molar-refractivity contribution in [2.24, 2.45) is 0 Å². The van der Waals surface area contributed by atoms with E-state index < -0.39 is 23.5 Å². The Morgan fingerprint density at radius 3 is 2.55 bits per heavy atom. The van der Waals surface area contributed by atoms with Gasteiger partial charge in [0.05, 0.1) is 18.1 Å². The number of anilines is 1. The van der Waals surface area contributed by atoms with Crippen molar-refractivity contribution in [3.8, 4) is 17.1 Å². The zero-order chi connectivity index (χ0) is 23.7. The molecule has 1 amide bonds. The van der Waals surface area contributed by atoms with Gasteiger partial charge in [-0.3, -0.25) is 14.2 Å². The van der Waals surface area contributed by atoms with Crippen LogP contribution in [0.3, 0.4) is 0 Å². The molecule has 2 heterocycles. The lowest BCUT2D eigenvalue weighted by Gasteiger charge is -2.19. The topological polar surface area (TPSA) is 111 Å². The fourth-order valence-corrected chi connectivity index (χ4v) is 4.45. The molecule has 2 aromatic carbocycles. The Labute approximate surface area is 193 Å². The average molecular weight is 464 g/mol. The van der Waals surface area contributed by atoms with Crippen molar-refractivity contribution < 1.29 is 19.4 Å². The molecule has 8 nitrogen and oxygen atoms in total. The van der Waals surface area contributed by atoms with Crippen LogP contribution in [-0.4, -0.2) is 33.6 Å². The monoisotopic (exact) mass is 463 g/mol. The molecule has 0 saturated heterocycles. The molecule has 1 unspecified atom stereocenters. The normalized spacial score (nSPS) is 11.8. The number of aromatic carboxylic acids is 1. The fourth-order valence-electron chi connectivity index (χ4n) is 3.55. The maximum atomic E-state index is 13.5. The van der Waals surface area contributed by atoms with Crippen LogP contribution in [0.15, 0.2) is 58.7 Å². The molecule has 2 N–H and O–H groups in total. The van der Waals surface area contributed by atoms with E-state index >= 15 is 0 Å². The summed E-state index contributed by atoms with van der Waals surface area (Å²) in [6, 6.07) is 13.3. The first-order chi connectivity index (χ1) is 15.8. The third-order valence-corrected chi connectivity index (χ3v) is 6.14. The van der Waals surface area contributed by atoms with E-state index in [0.717, 1.165) is 16.9 Å². The molecule has 0 fully saturated rings. The number of fused-ring (bicyclic) bond motifs is 1. The summed E-state index contributed by atoms with van der Waals surface area (Å²) in [7, 11) is 1.55. The molecular weight excluding hydrogens is 442 g/mol. The van der Waals surface area contributed by atoms with Gasteiger partial charge >= 0.3 is 5.97 Å². The third kappa shape index (κ3) is 4.22. The van der Waals surface area contributed by atoms with Crippen LogP contribution >= 0.6 is 11.3 Å². The number of nitrogens with zero attached hydrogens (tertiary/aromatic N) is 2. The number of carbonyl (C=O) groups is 2. The Bertz CT molecular complexity index is 1420. The van der Waals surface area contributed by atoms with Gasteiger partial charge in [-0.05, 0) is 44.2 Å². The Morgan fingerprint density at radius 1 is 1.18 bits per heavy atom. The van der Waals surface area contributed by atoms with Crippen LogP contribution in [0.2, 0.25) is 0 Å². The van der Waals surface area contributed by atoms with Crippen molar-refractivity contribution >= 4 is 39.1 Å². The van der Waals surface area contributed by atoms with E-state index in [1.54, 1.807) is 44.4 Å². The molecule has 33 heavy (non-hydrogen) atoms. The number of carbonyl (C=O) groups excluding carboxylic acids is 1. The van der Waals surface area contributed by atoms with Gasteiger partial charge in [-0.1, -0.05) is 23.8 Å². The zero-order valence-electron chi connectivity index (χ0n) is 18.2. The van der Waals surface area contributed by atoms with E-state index in [1.807, 2.05) is 25.1 Å². The largest absolute Gasteiger partial charge is 0.497 e. The standard InChI is InChI=1S/C24H21N3O5S/c1-13-5-4-6-15(11-13)20-26-22-19(18(12-33-22)24(30)31)23(29)27(20)14(2)21(28)25-16-7-9-17(32-3)10-8-16/h4-12,14H,1-3H3,(H,25,28)(H,30,31). The molecule has 0 saturated carbocycles. The molecule has 0 bridgehead atoms. The molecule has 168 valence electrons. The lowest BCUT2D eigenvalue weighted by atomic mass is 10.1. The van der Waals surface area contributed by atoms with E-state index in [-0.39, 0.29) is 10.9 Å². The fraction of sp³-hybridized carbons (Fsp3) is 0.167. The Kier molecular flexibility index (Phi) is 5.97. The number of amides is 1. The summed E-state index contributed by atoms with van der Waals surface area (Å²) in [5.41, 5.74) is 1.45. The van der Waals surface area contributed by atoms with Crippen molar-refractivity contribution in [2.45, 2.75) is 19.9 Å². The van der Waals surface area contributed by atoms with Crippen LogP contribution < -0.4 is 15.6 Å². The van der Waals surface area contributed by atoms with Gasteiger partial charge < -0.3 is 15.2 Å². The number of carboxylic acid groups (broad SMARTS) is 1. The number of hydrogen-bond acceptors (Lipinski definition) is 6. The number of thiophene rings is 1. The first-order valence-corrected chi connectivity index (χ1v) is 11.0. The molecule has 4 rings (SSSR count). The number of nitrogens with one attached hydrogen (secondary N) is 1. The molecule has 0 aliphatic carbocycles. The summed E-state index contributed by atoms with van der Waals surface area (Å²) in [5.74, 6) is -0.713. The maximum absolute atomic E-state index is 13.5. The molecule has 1 atom stereocenters. The van der Waals surface area contributed by atoms with Gasteiger partial charge in [-0.15, -0.1) is 11.3 Å². The van der Waals surface area contributed by atoms with E-state index in [0.29, 0.717) is 27.7 Å². The minimum Gasteiger partial charge on any atom is -0.497 e. The molecule has 0 spiro atoms. The highest BCUT2D eigenvalue weighted by Crippen LogP contribution is 2.28. The SMILES string of the molecule is COc1ccc(NC(=O)C(C)n2c(-c3cccc(C)c3)nc3scc(C(=O)O)c3c2=O)cc1. The van der Waals surface area contributed by atoms with Gasteiger partial charge in [0, 0.05) is 16.6 Å². The number of benzene rings is 2. The van der Waals surface area contributed by atoms with Gasteiger partial charge in [-0.2, -0.15) is 0 Å². The molecule has 2 aromatic heterocycles. The van der Waals surface area contributed by atoms with Crippen LogP contribution in [0.25, 0.3) is 21.6 Å². The summed E-state index contributed by atoms with van der Waals surface area (Å²) in [6.45, 7) is 3.50. The van der Waals surface area contributed by atoms with Gasteiger partial charge in [0.25, 0.3) is 5.56 Å². The summed E-state index contributed by atoms with van der Waals surface area (Å²) >= 11 is 1.09. The minimum absolute atomic E-state index is 0.00648. The predicted molar refractivity (Wildman–Crippen MR) is 127 cm³/mol. The van der Waals surface area contributed by atoms with Gasteiger partial charge in [0.2, 0.25) is 5.91 Å². The Hall–Kier alpha value is -3.98. The second kappa shape index (κ2) is 8.87. The summed E-state index contributed by atoms with van der Waals surface area (Å²) in [6.07, 6.45) is 0. The number of hydrogen-bond donors (Lipinski definition) is 2. The van der Waals surface area contributed by atoms with E-state index in [4.69, 9.17) is 4.74 Å². The van der Waals surface area contributed by atoms with E-state index in [9.17, 15) is 19.5 Å². The average Bonchev–Trinajstić information content (AvgIpc) is 3.24. The Morgan fingerprint density at radius 2 is 1.91 bits per heavy atom. The second-order valence-electron chi connectivity index (χ2n) is 7.51. The number of aromatic nitrogens is 2. The quantitative estimate of drug-likeness (QED) is 0.440. The lowest BCUT2D eigenvalue weighted by Crippen LogP contribution is -2.33. The minimum atomic E-state index is -1.22. The Balaban J connectivity index is 1.85. The highest BCUT2D eigenvalue weighted by Gasteiger charge is 2.26. The highest BCUT2D eigenvalue weighted by atomic mass is 32.1. The summed E-state index contributed by atoms with van der Waals surface area (Å²) < 4.78 is 6.39. The third-order valence-electron chi connectivity index (χ3n) is 5.27. The van der Waals surface area contributed by atoms with Crippen molar-refractivity contribution in [3.05, 3.63) is 75.4 Å². The van der Waals surface area contributed by atoms with Crippen LogP contribution in [0, 0.1) is 6.92 Å². The van der Waals surface area contributed by atoms with Crippen molar-refractivity contribution in [1.82, 2.24) is 9.55 Å². The van der Waals surface area contributed by atoms with Crippen LogP contribution in [0.1, 0.15) is 28.9 Å². The van der Waals surface area contributed by atoms with Crippen molar-refractivity contribution in [1.29, 1.82) is 0 Å². The molecule has 0 aliphatic rings. The van der Waals surface area contributed by atoms with Gasteiger partial charge in [0.1, 0.15) is 22.4 Å². The predicted octanol–water partition coefficient (Wildman–Crippen LogP) is 4.34. The van der Waals surface area contributed by atoms with Gasteiger partial charge in [-0.25, -0.2) is 9.78 Å². The first-order valence-electron chi connectivity index (χ1n) is 10.1. The molecular formula is C24H21N3O5S. The van der Waals surface area contributed by atoms with Gasteiger partial charge in [0.15, 0.2) is 0 Å². The lowest BCUT2D eigenvalue weighted by molar-refractivity contribution is -0.118. The number of aryl methyl sites for hydroxylation is 1. The number of ether oxygens (including phenoxy) is 1. The van der Waals surface area contributed by atoms with Crippen LogP contribution in [0.5, 0.6) is 5.75 Å². The summed E-state index contributed by atoms with van der Waals surface area (Å²) in [4.78, 5) is 43.3. The zero-order valence-corrected chi connectivity index (χ0v) is 19.0. The maximum Gasteiger partial charge on any atom is 0.337 e. The number of carboxylic acids is 1.